The molecule has 1 saturated heterocycles. The zero-order valence-electron chi connectivity index (χ0n) is 21.7. The van der Waals surface area contributed by atoms with Gasteiger partial charge in [-0.1, -0.05) is 43.9 Å². The lowest BCUT2D eigenvalue weighted by Gasteiger charge is -2.18. The number of hydrogen-bond donors (Lipinski definition) is 3. The van der Waals surface area contributed by atoms with E-state index in [4.69, 9.17) is 5.73 Å². The van der Waals surface area contributed by atoms with Crippen LogP contribution >= 0.6 is 23.1 Å². The average Bonchev–Trinajstić information content (AvgIpc) is 3.54. The minimum atomic E-state index is -0.213. The van der Waals surface area contributed by atoms with Crippen molar-refractivity contribution in [1.29, 1.82) is 0 Å². The van der Waals surface area contributed by atoms with Gasteiger partial charge in [0.05, 0.1) is 18.1 Å². The molecule has 1 aliphatic heterocycles. The second-order valence-electron chi connectivity index (χ2n) is 9.00. The fourth-order valence-corrected chi connectivity index (χ4v) is 5.08. The van der Waals surface area contributed by atoms with Crippen LogP contribution in [0, 0.1) is 0 Å². The van der Waals surface area contributed by atoms with E-state index in [1.165, 1.54) is 66.3 Å². The van der Waals surface area contributed by atoms with Crippen LogP contribution in [0.15, 0.2) is 11.2 Å². The summed E-state index contributed by atoms with van der Waals surface area (Å²) in [5, 5.41) is 15.7. The van der Waals surface area contributed by atoms with Crippen LogP contribution < -0.4 is 16.4 Å². The number of nitrogens with two attached hydrogens (primary N) is 1. The molecule has 0 spiro atoms. The van der Waals surface area contributed by atoms with Crippen LogP contribution in [-0.2, 0) is 19.2 Å². The number of amides is 4. The molecule has 0 radical (unpaired) electrons. The lowest BCUT2D eigenvalue weighted by molar-refractivity contribution is -0.132. The summed E-state index contributed by atoms with van der Waals surface area (Å²) in [5.74, 6) is 0.122. The number of nitrogens with zero attached hydrogens (tertiary/aromatic N) is 4. The normalized spacial score (nSPS) is 16.1. The molecule has 1 saturated carbocycles. The molecule has 13 heteroatoms. The molecular formula is C24H39N7O4S2. The third kappa shape index (κ3) is 11.5. The highest BCUT2D eigenvalue weighted by atomic mass is 32.2. The Morgan fingerprint density at radius 2 is 1.97 bits per heavy atom. The number of hydrogen-bond acceptors (Lipinski definition) is 9. The Labute approximate surface area is 227 Å². The van der Waals surface area contributed by atoms with Crippen molar-refractivity contribution >= 4 is 52.4 Å². The molecule has 2 fully saturated rings. The van der Waals surface area contributed by atoms with Gasteiger partial charge in [0.15, 0.2) is 0 Å². The van der Waals surface area contributed by atoms with Crippen LogP contribution in [0.3, 0.4) is 0 Å². The second kappa shape index (κ2) is 17.0. The van der Waals surface area contributed by atoms with Crippen LogP contribution in [-0.4, -0.2) is 76.6 Å². The summed E-state index contributed by atoms with van der Waals surface area (Å²) in [4.78, 5) is 48.5. The number of carbonyl (C=O) groups excluding carboxylic acids is 4. The first-order valence-electron chi connectivity index (χ1n) is 12.8. The van der Waals surface area contributed by atoms with E-state index in [0.29, 0.717) is 35.6 Å². The van der Waals surface area contributed by atoms with Gasteiger partial charge in [-0.3, -0.25) is 24.5 Å². The fraction of sp³-hybridized carbons (Fsp3) is 0.667. The zero-order chi connectivity index (χ0) is 27.0. The van der Waals surface area contributed by atoms with E-state index in [-0.39, 0.29) is 30.8 Å². The number of anilines is 1. The van der Waals surface area contributed by atoms with Gasteiger partial charge in [-0.25, -0.2) is 0 Å². The van der Waals surface area contributed by atoms with Crippen molar-refractivity contribution in [1.82, 2.24) is 25.3 Å². The number of carbonyl (C=O) groups is 4. The number of unbranched alkanes of at least 4 members (excludes halogenated alkanes) is 1. The van der Waals surface area contributed by atoms with E-state index >= 15 is 0 Å². The molecule has 2 aliphatic rings. The van der Waals surface area contributed by atoms with Gasteiger partial charge in [0, 0.05) is 31.6 Å². The Morgan fingerprint density at radius 1 is 1.22 bits per heavy atom. The molecule has 0 atom stereocenters. The topological polar surface area (TPSA) is 151 Å². The van der Waals surface area contributed by atoms with Crippen molar-refractivity contribution in [3.05, 3.63) is 16.2 Å². The van der Waals surface area contributed by atoms with Gasteiger partial charge in [-0.15, -0.1) is 22.0 Å². The summed E-state index contributed by atoms with van der Waals surface area (Å²) < 4.78 is 0. The molecule has 0 bridgehead atoms. The first-order chi connectivity index (χ1) is 17.9. The summed E-state index contributed by atoms with van der Waals surface area (Å²) >= 11 is 2.81. The molecule has 2 heterocycles. The summed E-state index contributed by atoms with van der Waals surface area (Å²) in [6.07, 6.45) is 13.4. The predicted molar refractivity (Wildman–Crippen MR) is 147 cm³/mol. The third-order valence-electron chi connectivity index (χ3n) is 6.05. The minimum absolute atomic E-state index is 0.0481. The Balaban J connectivity index is 0.000000281. The van der Waals surface area contributed by atoms with Gasteiger partial charge < -0.3 is 20.9 Å². The SMILES string of the molecule is CCCCN(C=O)CC(=O)Nc1nnc(C2CCCCC2)s1.CS/C(N)=C/NC(=O)CN1CCCC1=O. The Kier molecular flexibility index (Phi) is 14.0. The van der Waals surface area contributed by atoms with E-state index in [1.807, 2.05) is 6.26 Å². The molecule has 3 rings (SSSR count). The van der Waals surface area contributed by atoms with Gasteiger partial charge in [0.25, 0.3) is 0 Å². The summed E-state index contributed by atoms with van der Waals surface area (Å²) in [6, 6.07) is 0. The Morgan fingerprint density at radius 3 is 2.59 bits per heavy atom. The number of aromatic nitrogens is 2. The molecule has 11 nitrogen and oxygen atoms in total. The highest BCUT2D eigenvalue weighted by Gasteiger charge is 2.22. The predicted octanol–water partition coefficient (Wildman–Crippen LogP) is 2.63. The van der Waals surface area contributed by atoms with Gasteiger partial charge in [-0.05, 0) is 31.9 Å². The van der Waals surface area contributed by atoms with Crippen LogP contribution in [0.1, 0.15) is 75.6 Å². The van der Waals surface area contributed by atoms with E-state index in [1.54, 1.807) is 4.90 Å². The number of thioether (sulfide) groups is 1. The van der Waals surface area contributed by atoms with Crippen molar-refractivity contribution < 1.29 is 19.2 Å². The standard InChI is InChI=1S/C15H24N4O2S.C9H15N3O2S/c1-2-3-9-19(11-20)10-13(21)16-15-18-17-14(22-15)12-7-5-4-6-8-12;1-15-7(10)5-11-8(13)6-12-4-2-3-9(12)14/h11-12H,2-10H2,1H3,(H,16,18,21);5H,2-4,6,10H2,1H3,(H,11,13)/b;7-5+. The highest BCUT2D eigenvalue weighted by Crippen LogP contribution is 2.35. The number of nitrogens with one attached hydrogen (secondary N) is 2. The molecule has 1 aromatic rings. The average molecular weight is 554 g/mol. The number of rotatable bonds is 12. The lowest BCUT2D eigenvalue weighted by atomic mass is 9.90. The monoisotopic (exact) mass is 553 g/mol. The van der Waals surface area contributed by atoms with Crippen molar-refractivity contribution in [2.75, 3.05) is 37.8 Å². The van der Waals surface area contributed by atoms with Crippen LogP contribution in [0.25, 0.3) is 0 Å². The maximum absolute atomic E-state index is 12.0. The van der Waals surface area contributed by atoms with Crippen LogP contribution in [0.2, 0.25) is 0 Å². The minimum Gasteiger partial charge on any atom is -0.392 e. The maximum atomic E-state index is 12.0. The molecule has 0 aromatic carbocycles. The second-order valence-corrected chi connectivity index (χ2v) is 10.9. The van der Waals surface area contributed by atoms with Gasteiger partial charge in [0.2, 0.25) is 29.3 Å². The van der Waals surface area contributed by atoms with E-state index < -0.39 is 0 Å². The first-order valence-corrected chi connectivity index (χ1v) is 14.8. The van der Waals surface area contributed by atoms with Crippen LogP contribution in [0.5, 0.6) is 0 Å². The lowest BCUT2D eigenvalue weighted by Crippen LogP contribution is -2.36. The molecule has 1 aliphatic carbocycles. The number of likely N-dealkylation sites (tertiary alicyclic amines) is 1. The van der Waals surface area contributed by atoms with Gasteiger partial charge >= 0.3 is 0 Å². The third-order valence-corrected chi connectivity index (χ3v) is 7.64. The molecule has 206 valence electrons. The molecular weight excluding hydrogens is 514 g/mol. The summed E-state index contributed by atoms with van der Waals surface area (Å²) in [6.45, 7) is 3.53. The first kappa shape index (κ1) is 30.6. The molecule has 37 heavy (non-hydrogen) atoms. The molecule has 4 N–H and O–H groups in total. The van der Waals surface area contributed by atoms with Crippen molar-refractivity contribution in [3.63, 3.8) is 0 Å². The van der Waals surface area contributed by atoms with E-state index in [0.717, 1.165) is 30.7 Å². The highest BCUT2D eigenvalue weighted by molar-refractivity contribution is 8.02. The molecule has 4 amide bonds. The fourth-order valence-electron chi connectivity index (χ4n) is 3.97. The maximum Gasteiger partial charge on any atom is 0.245 e. The van der Waals surface area contributed by atoms with Gasteiger partial charge in [0.1, 0.15) is 5.01 Å². The Hall–Kier alpha value is -2.67. The quantitative estimate of drug-likeness (QED) is 0.334. The van der Waals surface area contributed by atoms with Crippen LogP contribution in [0.4, 0.5) is 5.13 Å². The van der Waals surface area contributed by atoms with Crippen molar-refractivity contribution in [2.24, 2.45) is 5.73 Å². The van der Waals surface area contributed by atoms with E-state index in [9.17, 15) is 19.2 Å². The largest absolute Gasteiger partial charge is 0.392 e. The van der Waals surface area contributed by atoms with E-state index in [2.05, 4.69) is 27.8 Å². The van der Waals surface area contributed by atoms with Gasteiger partial charge in [-0.2, -0.15) is 0 Å². The summed E-state index contributed by atoms with van der Waals surface area (Å²) in [5.41, 5.74) is 5.49. The molecule has 0 unspecified atom stereocenters. The zero-order valence-corrected chi connectivity index (χ0v) is 23.4. The summed E-state index contributed by atoms with van der Waals surface area (Å²) in [7, 11) is 0. The molecule has 1 aromatic heterocycles. The Bertz CT molecular complexity index is 919. The van der Waals surface area contributed by atoms with Crippen molar-refractivity contribution in [2.45, 2.75) is 70.6 Å². The van der Waals surface area contributed by atoms with Crippen molar-refractivity contribution in [3.8, 4) is 0 Å². The smallest absolute Gasteiger partial charge is 0.245 e.